The molecule has 26 heavy (non-hydrogen) atoms. The lowest BCUT2D eigenvalue weighted by Gasteiger charge is -2.31. The second-order valence-corrected chi connectivity index (χ2v) is 7.29. The number of rotatable bonds is 1. The molecule has 0 saturated carbocycles. The van der Waals surface area contributed by atoms with Crippen molar-refractivity contribution >= 4 is 29.1 Å². The van der Waals surface area contributed by atoms with Crippen LogP contribution in [0, 0.1) is 11.3 Å². The van der Waals surface area contributed by atoms with Crippen molar-refractivity contribution in [2.75, 3.05) is 5.75 Å². The molecule has 0 N–H and O–H groups in total. The largest absolute Gasteiger partial charge is 0.289 e. The molecule has 5 rings (SSSR count). The highest BCUT2D eigenvalue weighted by Gasteiger charge is 2.48. The van der Waals surface area contributed by atoms with Crippen LogP contribution in [0.2, 0.25) is 0 Å². The van der Waals surface area contributed by atoms with Crippen molar-refractivity contribution in [3.05, 3.63) is 87.5 Å². The van der Waals surface area contributed by atoms with Crippen molar-refractivity contribution in [1.82, 2.24) is 4.90 Å². The third-order valence-electron chi connectivity index (χ3n) is 5.00. The second kappa shape index (κ2) is 5.45. The van der Waals surface area contributed by atoms with E-state index in [0.717, 1.165) is 11.1 Å². The summed E-state index contributed by atoms with van der Waals surface area (Å²) >= 11 is 1.38. The van der Waals surface area contributed by atoms with Crippen LogP contribution < -0.4 is 0 Å². The highest BCUT2D eigenvalue weighted by atomic mass is 32.2. The van der Waals surface area contributed by atoms with E-state index in [0.29, 0.717) is 27.4 Å². The Bertz CT molecular complexity index is 1090. The fraction of sp³-hybridized carbons (Fsp3) is 0.0952. The van der Waals surface area contributed by atoms with Crippen molar-refractivity contribution in [3.8, 4) is 6.07 Å². The molecule has 1 amide bonds. The number of hydrogen-bond acceptors (Lipinski definition) is 4. The molecule has 2 heterocycles. The Kier molecular flexibility index (Phi) is 3.18. The second-order valence-electron chi connectivity index (χ2n) is 6.33. The van der Waals surface area contributed by atoms with Crippen LogP contribution >= 0.6 is 11.8 Å². The number of amides is 1. The molecule has 5 heteroatoms. The van der Waals surface area contributed by atoms with E-state index < -0.39 is 5.92 Å². The van der Waals surface area contributed by atoms with Gasteiger partial charge in [0.05, 0.1) is 34.0 Å². The number of hydrogen-bond donors (Lipinski definition) is 0. The topological polar surface area (TPSA) is 61.2 Å². The first-order valence-corrected chi connectivity index (χ1v) is 9.24. The Morgan fingerprint density at radius 2 is 1.69 bits per heavy atom. The minimum Gasteiger partial charge on any atom is -0.289 e. The summed E-state index contributed by atoms with van der Waals surface area (Å²) < 4.78 is 0. The van der Waals surface area contributed by atoms with Crippen LogP contribution in [-0.2, 0) is 4.79 Å². The average Bonchev–Trinajstić information content (AvgIpc) is 3.20. The Labute approximate surface area is 154 Å². The molecule has 4 nitrogen and oxygen atoms in total. The number of Topliss-reactive ketones (excluding diaryl/α,β-unsaturated/α-hetero) is 1. The number of carbonyl (C=O) groups is 2. The molecule has 0 spiro atoms. The van der Waals surface area contributed by atoms with Gasteiger partial charge in [-0.3, -0.25) is 14.5 Å². The molecule has 2 aromatic carbocycles. The number of nitriles is 1. The predicted octanol–water partition coefficient (Wildman–Crippen LogP) is 3.70. The van der Waals surface area contributed by atoms with Crippen molar-refractivity contribution in [2.45, 2.75) is 5.92 Å². The minimum atomic E-state index is -0.444. The molecular weight excluding hydrogens is 344 g/mol. The Balaban J connectivity index is 1.85. The number of carbonyl (C=O) groups excluding carboxylic acids is 2. The molecule has 2 aliphatic heterocycles. The fourth-order valence-electron chi connectivity index (χ4n) is 3.95. The molecule has 1 saturated heterocycles. The Hall–Kier alpha value is -3.10. The van der Waals surface area contributed by atoms with Gasteiger partial charge in [-0.05, 0) is 5.56 Å². The van der Waals surface area contributed by atoms with Crippen LogP contribution in [0.1, 0.15) is 27.4 Å². The van der Waals surface area contributed by atoms with Gasteiger partial charge in [-0.25, -0.2) is 0 Å². The maximum absolute atomic E-state index is 13.2. The van der Waals surface area contributed by atoms with Crippen LogP contribution in [0.3, 0.4) is 0 Å². The first-order valence-electron chi connectivity index (χ1n) is 8.25. The summed E-state index contributed by atoms with van der Waals surface area (Å²) in [5, 5.41) is 10.5. The predicted molar refractivity (Wildman–Crippen MR) is 98.8 cm³/mol. The maximum atomic E-state index is 13.2. The van der Waals surface area contributed by atoms with Gasteiger partial charge in [0.2, 0.25) is 5.91 Å². The maximum Gasteiger partial charge on any atom is 0.242 e. The van der Waals surface area contributed by atoms with Gasteiger partial charge in [-0.15, -0.1) is 0 Å². The molecule has 1 unspecified atom stereocenters. The standard InChI is InChI=1S/C21H12N2O2S/c22-10-15-17(12-6-2-1-3-7-12)18-19(23-16(24)11-26-21(15)23)13-8-4-5-9-14(13)20(18)25/h1-9,17H,11H2. The van der Waals surface area contributed by atoms with Crippen LogP contribution in [0.25, 0.3) is 5.70 Å². The van der Waals surface area contributed by atoms with Gasteiger partial charge in [0.25, 0.3) is 0 Å². The van der Waals surface area contributed by atoms with E-state index in [-0.39, 0.29) is 17.4 Å². The number of allylic oxidation sites excluding steroid dienone is 2. The van der Waals surface area contributed by atoms with E-state index in [2.05, 4.69) is 6.07 Å². The van der Waals surface area contributed by atoms with Crippen molar-refractivity contribution < 1.29 is 9.59 Å². The van der Waals surface area contributed by atoms with Crippen LogP contribution in [0.4, 0.5) is 0 Å². The Morgan fingerprint density at radius 1 is 1.00 bits per heavy atom. The number of ketones is 1. The summed E-state index contributed by atoms with van der Waals surface area (Å²) in [5.41, 5.74) is 3.94. The fourth-order valence-corrected chi connectivity index (χ4v) is 4.98. The molecule has 0 bridgehead atoms. The normalized spacial score (nSPS) is 20.9. The lowest BCUT2D eigenvalue weighted by Crippen LogP contribution is -2.29. The third-order valence-corrected chi connectivity index (χ3v) is 6.06. The van der Waals surface area contributed by atoms with E-state index in [9.17, 15) is 14.9 Å². The summed E-state index contributed by atoms with van der Waals surface area (Å²) in [6.07, 6.45) is 0. The van der Waals surface area contributed by atoms with Crippen molar-refractivity contribution in [3.63, 3.8) is 0 Å². The number of benzene rings is 2. The highest BCUT2D eigenvalue weighted by Crippen LogP contribution is 2.54. The lowest BCUT2D eigenvalue weighted by atomic mass is 9.81. The Morgan fingerprint density at radius 3 is 2.42 bits per heavy atom. The zero-order valence-corrected chi connectivity index (χ0v) is 14.4. The van der Waals surface area contributed by atoms with Crippen LogP contribution in [0.15, 0.2) is 70.8 Å². The molecule has 124 valence electrons. The van der Waals surface area contributed by atoms with Crippen LogP contribution in [0.5, 0.6) is 0 Å². The van der Waals surface area contributed by atoms with Gasteiger partial charge in [0.15, 0.2) is 5.78 Å². The SMILES string of the molecule is N#CC1=C2SCC(=O)N2C2=C(C(=O)c3ccccc32)C1c1ccccc1. The molecule has 1 atom stereocenters. The molecule has 2 aromatic rings. The van der Waals surface area contributed by atoms with Gasteiger partial charge in [0.1, 0.15) is 0 Å². The molecule has 0 aromatic heterocycles. The number of thioether (sulfide) groups is 1. The molecule has 1 fully saturated rings. The minimum absolute atomic E-state index is 0.0822. The van der Waals surface area contributed by atoms with Crippen molar-refractivity contribution in [1.29, 1.82) is 5.26 Å². The van der Waals surface area contributed by atoms with Gasteiger partial charge < -0.3 is 0 Å². The van der Waals surface area contributed by atoms with Gasteiger partial charge in [-0.1, -0.05) is 66.4 Å². The summed E-state index contributed by atoms with van der Waals surface area (Å²) in [6.45, 7) is 0. The zero-order valence-electron chi connectivity index (χ0n) is 13.6. The quantitative estimate of drug-likeness (QED) is 0.782. The van der Waals surface area contributed by atoms with E-state index in [1.54, 1.807) is 11.0 Å². The molecule has 1 aliphatic carbocycles. The van der Waals surface area contributed by atoms with E-state index in [1.165, 1.54) is 11.8 Å². The molecular formula is C21H12N2O2S. The summed E-state index contributed by atoms with van der Waals surface area (Å²) in [5.74, 6) is -0.335. The summed E-state index contributed by atoms with van der Waals surface area (Å²) in [7, 11) is 0. The highest BCUT2D eigenvalue weighted by molar-refractivity contribution is 8.04. The van der Waals surface area contributed by atoms with Crippen molar-refractivity contribution in [2.24, 2.45) is 0 Å². The summed E-state index contributed by atoms with van der Waals surface area (Å²) in [6, 6.07) is 19.2. The first kappa shape index (κ1) is 15.2. The van der Waals surface area contributed by atoms with Gasteiger partial charge >= 0.3 is 0 Å². The summed E-state index contributed by atoms with van der Waals surface area (Å²) in [4.78, 5) is 27.4. The smallest absolute Gasteiger partial charge is 0.242 e. The van der Waals surface area contributed by atoms with Crippen LogP contribution in [-0.4, -0.2) is 22.3 Å². The zero-order chi connectivity index (χ0) is 17.8. The lowest BCUT2D eigenvalue weighted by molar-refractivity contribution is -0.122. The van der Waals surface area contributed by atoms with Gasteiger partial charge in [-0.2, -0.15) is 5.26 Å². The number of nitrogens with zero attached hydrogens (tertiary/aromatic N) is 2. The van der Waals surface area contributed by atoms with E-state index in [4.69, 9.17) is 0 Å². The third kappa shape index (κ3) is 1.85. The molecule has 3 aliphatic rings. The number of fused-ring (bicyclic) bond motifs is 4. The monoisotopic (exact) mass is 356 g/mol. The van der Waals surface area contributed by atoms with Gasteiger partial charge in [0, 0.05) is 16.7 Å². The molecule has 0 radical (unpaired) electrons. The average molecular weight is 356 g/mol. The first-order chi connectivity index (χ1) is 12.7. The van der Waals surface area contributed by atoms with E-state index >= 15 is 0 Å². The van der Waals surface area contributed by atoms with E-state index in [1.807, 2.05) is 48.5 Å².